The number of quaternary nitrogens is 1. The van der Waals surface area contributed by atoms with Crippen LogP contribution in [-0.2, 0) is 32.7 Å². The summed E-state index contributed by atoms with van der Waals surface area (Å²) in [5.74, 6) is -0.799. The third kappa shape index (κ3) is 65.6. The van der Waals surface area contributed by atoms with Crippen LogP contribution in [0, 0.1) is 0 Å². The van der Waals surface area contributed by atoms with Crippen molar-refractivity contribution >= 4 is 19.8 Å². The van der Waals surface area contributed by atoms with Crippen LogP contribution in [0.15, 0.2) is 122 Å². The molecule has 0 heterocycles. The Morgan fingerprint density at radius 1 is 0.390 bits per heavy atom. The van der Waals surface area contributed by atoms with E-state index in [2.05, 4.69) is 135 Å². The van der Waals surface area contributed by atoms with Crippen LogP contribution in [0.4, 0.5) is 0 Å². The molecule has 470 valence electrons. The van der Waals surface area contributed by atoms with Crippen LogP contribution in [0.25, 0.3) is 0 Å². The Hall–Kier alpha value is -3.59. The number of phosphoric acid groups is 1. The highest BCUT2D eigenvalue weighted by Gasteiger charge is 2.27. The molecule has 0 fully saturated rings. The maximum atomic E-state index is 12.8. The number of phosphoric ester groups is 1. The zero-order valence-corrected chi connectivity index (χ0v) is 54.3. The van der Waals surface area contributed by atoms with Gasteiger partial charge in [-0.15, -0.1) is 0 Å². The molecule has 0 aromatic carbocycles. The van der Waals surface area contributed by atoms with Crippen molar-refractivity contribution in [3.63, 3.8) is 0 Å². The molecule has 0 aliphatic heterocycles. The molecule has 0 aromatic rings. The number of ether oxygens (including phenoxy) is 2. The minimum absolute atomic E-state index is 0.0276. The molecule has 0 spiro atoms. The quantitative estimate of drug-likeness (QED) is 0.0211. The molecule has 2 atom stereocenters. The number of hydrogen-bond donors (Lipinski definition) is 1. The summed E-state index contributed by atoms with van der Waals surface area (Å²) < 4.78 is 34.6. The third-order valence-corrected chi connectivity index (χ3v) is 15.0. The molecule has 9 nitrogen and oxygen atoms in total. The minimum Gasteiger partial charge on any atom is -0.462 e. The van der Waals surface area contributed by atoms with Crippen molar-refractivity contribution in [2.45, 2.75) is 277 Å². The molecule has 0 radical (unpaired) electrons. The lowest BCUT2D eigenvalue weighted by atomic mass is 10.0. The first-order chi connectivity index (χ1) is 40.0. The minimum atomic E-state index is -4.39. The Balaban J connectivity index is 4.07. The molecule has 0 rings (SSSR count). The van der Waals surface area contributed by atoms with Crippen LogP contribution < -0.4 is 0 Å². The van der Waals surface area contributed by atoms with Crippen molar-refractivity contribution in [1.82, 2.24) is 0 Å². The Bertz CT molecular complexity index is 1800. The van der Waals surface area contributed by atoms with Gasteiger partial charge in [-0.1, -0.05) is 289 Å². The van der Waals surface area contributed by atoms with E-state index in [1.165, 1.54) is 128 Å². The van der Waals surface area contributed by atoms with E-state index in [-0.39, 0.29) is 32.0 Å². The smallest absolute Gasteiger partial charge is 0.462 e. The summed E-state index contributed by atoms with van der Waals surface area (Å²) in [5, 5.41) is 0. The van der Waals surface area contributed by atoms with Gasteiger partial charge in [-0.05, 0) is 89.9 Å². The van der Waals surface area contributed by atoms with Crippen LogP contribution in [0.1, 0.15) is 271 Å². The second-order valence-electron chi connectivity index (χ2n) is 23.1. The first-order valence-corrected chi connectivity index (χ1v) is 34.8. The standard InChI is InChI=1S/C72H124NO8P/c1-6-8-10-12-14-16-18-20-22-24-25-26-27-28-29-30-31-32-33-34-35-36-37-38-39-40-41-42-43-44-45-46-47-49-51-53-55-57-59-61-63-65-72(75)81-70(69-80-82(76,77)79-67-66-73(3,4)5)68-78-71(74)64-62-60-58-56-54-52-50-48-23-21-19-17-15-13-11-9-7-2/h8,10,14,16,20,22,25-26,28-29,31-32,34-35,37-38,40-41,43-44,70H,6-7,9,11-13,15,17-19,21,23-24,27,30,33,36,39,42,45-69H2,1-5H3/p+1/b10-8-,16-14-,22-20-,26-25-,29-28-,32-31-,35-34-,38-37-,41-40-,44-43-. The predicted molar refractivity (Wildman–Crippen MR) is 353 cm³/mol. The highest BCUT2D eigenvalue weighted by atomic mass is 31.2. The second-order valence-corrected chi connectivity index (χ2v) is 24.6. The summed E-state index contributed by atoms with van der Waals surface area (Å²) in [5.41, 5.74) is 0. The first kappa shape index (κ1) is 78.4. The topological polar surface area (TPSA) is 108 Å². The zero-order chi connectivity index (χ0) is 59.8. The van der Waals surface area contributed by atoms with E-state index in [0.29, 0.717) is 17.4 Å². The second kappa shape index (κ2) is 62.0. The summed E-state index contributed by atoms with van der Waals surface area (Å²) in [6.07, 6.45) is 88.6. The van der Waals surface area contributed by atoms with E-state index in [0.717, 1.165) is 109 Å². The molecule has 0 saturated heterocycles. The summed E-state index contributed by atoms with van der Waals surface area (Å²) in [4.78, 5) is 35.8. The van der Waals surface area contributed by atoms with Gasteiger partial charge in [0.05, 0.1) is 27.7 Å². The van der Waals surface area contributed by atoms with Crippen molar-refractivity contribution in [3.8, 4) is 0 Å². The van der Waals surface area contributed by atoms with E-state index in [1.807, 2.05) is 21.1 Å². The summed E-state index contributed by atoms with van der Waals surface area (Å²) in [6.45, 7) is 4.33. The van der Waals surface area contributed by atoms with Crippen LogP contribution in [0.3, 0.4) is 0 Å². The number of carbonyl (C=O) groups is 2. The van der Waals surface area contributed by atoms with E-state index in [1.54, 1.807) is 0 Å². The van der Waals surface area contributed by atoms with E-state index >= 15 is 0 Å². The van der Waals surface area contributed by atoms with E-state index in [9.17, 15) is 19.0 Å². The number of hydrogen-bond acceptors (Lipinski definition) is 7. The fourth-order valence-corrected chi connectivity index (χ4v) is 9.67. The Labute approximate surface area is 505 Å². The maximum absolute atomic E-state index is 12.8. The monoisotopic (exact) mass is 1160 g/mol. The average molecular weight is 1160 g/mol. The molecule has 82 heavy (non-hydrogen) atoms. The number of allylic oxidation sites excluding steroid dienone is 20. The van der Waals surface area contributed by atoms with E-state index in [4.69, 9.17) is 18.5 Å². The highest BCUT2D eigenvalue weighted by molar-refractivity contribution is 7.47. The van der Waals surface area contributed by atoms with Gasteiger partial charge >= 0.3 is 19.8 Å². The van der Waals surface area contributed by atoms with Gasteiger partial charge in [0.1, 0.15) is 19.8 Å². The van der Waals surface area contributed by atoms with Crippen molar-refractivity contribution in [1.29, 1.82) is 0 Å². The SMILES string of the molecule is CC/C=C\C/C=C\C/C=C\C/C=C\C/C=C\C/C=C\C/C=C\C/C=C\C/C=C\C/C=C\CCCCCCCCCCCCC(=O)OC(COC(=O)CCCCCCCCCCCCCCCCCCC)COP(=O)(O)OCC[N+](C)(C)C. The van der Waals surface area contributed by atoms with Crippen molar-refractivity contribution < 1.29 is 42.1 Å². The Morgan fingerprint density at radius 3 is 1.04 bits per heavy atom. The van der Waals surface area contributed by atoms with Crippen LogP contribution in [0.5, 0.6) is 0 Å². The molecular weight excluding hydrogens is 1040 g/mol. The van der Waals surface area contributed by atoms with Gasteiger partial charge in [-0.2, -0.15) is 0 Å². The number of unbranched alkanes of at least 4 members (excludes halogenated alkanes) is 26. The lowest BCUT2D eigenvalue weighted by Crippen LogP contribution is -2.37. The molecule has 2 unspecified atom stereocenters. The number of carbonyl (C=O) groups excluding carboxylic acids is 2. The molecular formula is C72H125NO8P+. The largest absolute Gasteiger partial charge is 0.472 e. The normalized spacial score (nSPS) is 14.0. The van der Waals surface area contributed by atoms with Gasteiger partial charge in [0.15, 0.2) is 6.10 Å². The Kier molecular flexibility index (Phi) is 59.2. The summed E-state index contributed by atoms with van der Waals surface area (Å²) in [7, 11) is 1.47. The average Bonchev–Trinajstić information content (AvgIpc) is 3.45. The fraction of sp³-hybridized carbons (Fsp3) is 0.694. The van der Waals surface area contributed by atoms with Crippen molar-refractivity contribution in [2.24, 2.45) is 0 Å². The number of likely N-dealkylation sites (N-methyl/N-ethyl adjacent to an activating group) is 1. The molecule has 0 amide bonds. The van der Waals surface area contributed by atoms with Crippen molar-refractivity contribution in [3.05, 3.63) is 122 Å². The third-order valence-electron chi connectivity index (χ3n) is 14.0. The van der Waals surface area contributed by atoms with Crippen molar-refractivity contribution in [2.75, 3.05) is 47.5 Å². The lowest BCUT2D eigenvalue weighted by Gasteiger charge is -2.24. The fourth-order valence-electron chi connectivity index (χ4n) is 8.93. The molecule has 0 aliphatic rings. The molecule has 10 heteroatoms. The van der Waals surface area contributed by atoms with Gasteiger partial charge in [0.2, 0.25) is 0 Å². The zero-order valence-electron chi connectivity index (χ0n) is 53.4. The summed E-state index contributed by atoms with van der Waals surface area (Å²) >= 11 is 0. The van der Waals surface area contributed by atoms with Crippen LogP contribution >= 0.6 is 7.82 Å². The molecule has 0 aliphatic carbocycles. The Morgan fingerprint density at radius 2 is 0.695 bits per heavy atom. The number of rotatable bonds is 60. The van der Waals surface area contributed by atoms with Gasteiger partial charge in [-0.25, -0.2) is 4.57 Å². The van der Waals surface area contributed by atoms with Gasteiger partial charge in [-0.3, -0.25) is 18.6 Å². The van der Waals surface area contributed by atoms with Gasteiger partial charge in [0, 0.05) is 12.8 Å². The maximum Gasteiger partial charge on any atom is 0.472 e. The van der Waals surface area contributed by atoms with Crippen LogP contribution in [0.2, 0.25) is 0 Å². The van der Waals surface area contributed by atoms with Gasteiger partial charge in [0.25, 0.3) is 0 Å². The molecule has 0 bridgehead atoms. The number of nitrogens with zero attached hydrogens (tertiary/aromatic N) is 1. The number of esters is 2. The lowest BCUT2D eigenvalue weighted by molar-refractivity contribution is -0.870. The van der Waals surface area contributed by atoms with E-state index < -0.39 is 26.5 Å². The van der Waals surface area contributed by atoms with Gasteiger partial charge < -0.3 is 18.9 Å². The predicted octanol–water partition coefficient (Wildman–Crippen LogP) is 21.5. The highest BCUT2D eigenvalue weighted by Crippen LogP contribution is 2.43. The molecule has 0 aromatic heterocycles. The molecule has 1 N–H and O–H groups in total. The van der Waals surface area contributed by atoms with Crippen LogP contribution in [-0.4, -0.2) is 74.9 Å². The molecule has 0 saturated carbocycles. The first-order valence-electron chi connectivity index (χ1n) is 33.3. The summed E-state index contributed by atoms with van der Waals surface area (Å²) in [6, 6.07) is 0.